The topological polar surface area (TPSA) is 84.4 Å². The minimum Gasteiger partial charge on any atom is -0.355 e. The Labute approximate surface area is 340 Å². The summed E-state index contributed by atoms with van der Waals surface area (Å²) in [4.78, 5) is 14.8. The third-order valence-corrected chi connectivity index (χ3v) is 11.1. The molecule has 59 heavy (non-hydrogen) atoms. The lowest BCUT2D eigenvalue weighted by atomic mass is 10.1. The quantitative estimate of drug-likeness (QED) is 0.151. The number of hydrogen-bond acceptors (Lipinski definition) is 5. The smallest absolute Gasteiger partial charge is 0.164 e. The number of nitrogens with zero attached hydrogens (tertiary/aromatic N) is 5. The summed E-state index contributed by atoms with van der Waals surface area (Å²) in [5, 5.41) is 16.9. The molecule has 0 spiro atoms. The van der Waals surface area contributed by atoms with Crippen LogP contribution < -0.4 is 5.32 Å². The molecule has 0 saturated heterocycles. The Morgan fingerprint density at radius 1 is 0.407 bits per heavy atom. The van der Waals surface area contributed by atoms with Gasteiger partial charge in [0.25, 0.3) is 0 Å². The van der Waals surface area contributed by atoms with E-state index < -0.39 is 0 Å². The summed E-state index contributed by atoms with van der Waals surface area (Å²) in [5.41, 5.74) is 11.8. The first-order valence-electron chi connectivity index (χ1n) is 19.6. The van der Waals surface area contributed by atoms with Crippen LogP contribution in [0.5, 0.6) is 0 Å². The highest BCUT2D eigenvalue weighted by Crippen LogP contribution is 2.39. The minimum absolute atomic E-state index is 0.619. The van der Waals surface area contributed by atoms with Gasteiger partial charge < -0.3 is 19.9 Å². The maximum absolute atomic E-state index is 8.68. The van der Waals surface area contributed by atoms with Crippen LogP contribution in [0.4, 0.5) is 11.4 Å². The Morgan fingerprint density at radius 3 is 1.51 bits per heavy atom. The maximum Gasteiger partial charge on any atom is 0.164 e. The molecular formula is C52H35N7. The van der Waals surface area contributed by atoms with Crippen LogP contribution in [0.1, 0.15) is 5.56 Å². The zero-order valence-corrected chi connectivity index (χ0v) is 31.8. The van der Waals surface area contributed by atoms with Gasteiger partial charge in [0.15, 0.2) is 17.5 Å². The fourth-order valence-corrected chi connectivity index (χ4v) is 8.37. The number of hydrogen-bond donors (Lipinski definition) is 2. The lowest BCUT2D eigenvalue weighted by Crippen LogP contribution is -2.01. The average molecular weight is 758 g/mol. The highest BCUT2D eigenvalue weighted by Gasteiger charge is 2.19. The second-order valence-electron chi connectivity index (χ2n) is 14.6. The second kappa shape index (κ2) is 14.1. The van der Waals surface area contributed by atoms with Gasteiger partial charge in [0.05, 0.1) is 22.1 Å². The summed E-state index contributed by atoms with van der Waals surface area (Å²) >= 11 is 0. The molecule has 0 saturated carbocycles. The van der Waals surface area contributed by atoms with Crippen LogP contribution >= 0.6 is 0 Å². The van der Waals surface area contributed by atoms with E-state index in [1.165, 1.54) is 6.21 Å². The Balaban J connectivity index is 0.990. The summed E-state index contributed by atoms with van der Waals surface area (Å²) in [5.74, 6) is 1.89. The van der Waals surface area contributed by atoms with Gasteiger partial charge in [-0.25, -0.2) is 15.0 Å². The standard InChI is InChI=1S/C52H35N7/c53-33-44-45(30-29-42-40-20-10-13-23-47(40)59(49(42)44)38-18-8-3-9-19-38)54-37-26-31-48-43(32-37)41-21-11-12-22-46(41)58(48)39-27-24-36(25-28-39)52-56-50(34-14-4-1-5-15-34)55-51(57-52)35-16-6-2-7-17-35/h1-33,53-54H. The molecule has 278 valence electrons. The number of anilines is 2. The summed E-state index contributed by atoms with van der Waals surface area (Å²) in [6.07, 6.45) is 1.47. The molecule has 0 unspecified atom stereocenters. The Hall–Kier alpha value is -8.16. The number of nitrogens with one attached hydrogen (secondary N) is 2. The van der Waals surface area contributed by atoms with Gasteiger partial charge in [-0.15, -0.1) is 0 Å². The summed E-state index contributed by atoms with van der Waals surface area (Å²) < 4.78 is 4.58. The Bertz CT molecular complexity index is 3290. The van der Waals surface area contributed by atoms with Gasteiger partial charge in [0.2, 0.25) is 0 Å². The molecule has 0 aliphatic rings. The van der Waals surface area contributed by atoms with Crippen LogP contribution in [0, 0.1) is 5.41 Å². The molecule has 0 radical (unpaired) electrons. The molecule has 8 aromatic carbocycles. The third kappa shape index (κ3) is 5.83. The summed E-state index contributed by atoms with van der Waals surface area (Å²) in [6, 6.07) is 66.7. The number of rotatable bonds is 8. The lowest BCUT2D eigenvalue weighted by Gasteiger charge is -2.14. The van der Waals surface area contributed by atoms with E-state index in [4.69, 9.17) is 20.4 Å². The molecule has 0 fully saturated rings. The van der Waals surface area contributed by atoms with E-state index in [2.05, 4.69) is 142 Å². The first-order chi connectivity index (χ1) is 29.2. The van der Waals surface area contributed by atoms with Gasteiger partial charge in [-0.3, -0.25) is 0 Å². The van der Waals surface area contributed by atoms with Crippen molar-refractivity contribution in [3.05, 3.63) is 200 Å². The molecule has 0 aliphatic heterocycles. The number of para-hydroxylation sites is 3. The van der Waals surface area contributed by atoms with Gasteiger partial charge in [-0.1, -0.05) is 121 Å². The number of fused-ring (bicyclic) bond motifs is 6. The van der Waals surface area contributed by atoms with E-state index in [1.807, 2.05) is 66.7 Å². The molecule has 0 atom stereocenters. The molecule has 11 rings (SSSR count). The van der Waals surface area contributed by atoms with Crippen molar-refractivity contribution in [2.45, 2.75) is 0 Å². The fourth-order valence-electron chi connectivity index (χ4n) is 8.37. The molecule has 11 aromatic rings. The van der Waals surface area contributed by atoms with Gasteiger partial charge >= 0.3 is 0 Å². The molecule has 0 amide bonds. The second-order valence-corrected chi connectivity index (χ2v) is 14.6. The maximum atomic E-state index is 8.68. The van der Waals surface area contributed by atoms with Crippen molar-refractivity contribution in [3.63, 3.8) is 0 Å². The van der Waals surface area contributed by atoms with Gasteiger partial charge in [0.1, 0.15) is 0 Å². The first kappa shape index (κ1) is 34.1. The predicted molar refractivity (Wildman–Crippen MR) is 242 cm³/mol. The van der Waals surface area contributed by atoms with E-state index in [9.17, 15) is 0 Å². The molecule has 3 heterocycles. The van der Waals surface area contributed by atoms with Crippen molar-refractivity contribution >= 4 is 61.2 Å². The van der Waals surface area contributed by atoms with E-state index in [-0.39, 0.29) is 0 Å². The molecule has 2 N–H and O–H groups in total. The van der Waals surface area contributed by atoms with E-state index in [1.54, 1.807) is 0 Å². The summed E-state index contributed by atoms with van der Waals surface area (Å²) in [6.45, 7) is 0. The van der Waals surface area contributed by atoms with Crippen molar-refractivity contribution in [3.8, 4) is 45.5 Å². The predicted octanol–water partition coefficient (Wildman–Crippen LogP) is 12.8. The van der Waals surface area contributed by atoms with Crippen molar-refractivity contribution in [2.24, 2.45) is 0 Å². The van der Waals surface area contributed by atoms with Crippen LogP contribution in [-0.4, -0.2) is 30.3 Å². The lowest BCUT2D eigenvalue weighted by molar-refractivity contribution is 1.07. The molecule has 0 bridgehead atoms. The highest BCUT2D eigenvalue weighted by atomic mass is 15.0. The van der Waals surface area contributed by atoms with Crippen LogP contribution in [0.15, 0.2) is 194 Å². The molecule has 7 heteroatoms. The largest absolute Gasteiger partial charge is 0.355 e. The Kier molecular flexibility index (Phi) is 8.15. The zero-order chi connectivity index (χ0) is 39.3. The van der Waals surface area contributed by atoms with Crippen molar-refractivity contribution in [1.29, 1.82) is 5.41 Å². The molecule has 7 nitrogen and oxygen atoms in total. The normalized spacial score (nSPS) is 11.5. The van der Waals surface area contributed by atoms with Gasteiger partial charge in [-0.05, 0) is 72.8 Å². The molecule has 3 aromatic heterocycles. The number of benzene rings is 8. The molecule has 0 aliphatic carbocycles. The van der Waals surface area contributed by atoms with Crippen LogP contribution in [0.25, 0.3) is 89.2 Å². The number of aromatic nitrogens is 5. The summed E-state index contributed by atoms with van der Waals surface area (Å²) in [7, 11) is 0. The minimum atomic E-state index is 0.619. The fraction of sp³-hybridized carbons (Fsp3) is 0. The SMILES string of the molecule is N=Cc1c(Nc2ccc3c(c2)c2ccccc2n3-c2ccc(-c3nc(-c4ccccc4)nc(-c4ccccc4)n3)cc2)ccc2c3ccccc3n(-c3ccccc3)c12. The van der Waals surface area contributed by atoms with Crippen molar-refractivity contribution in [1.82, 2.24) is 24.1 Å². The third-order valence-electron chi connectivity index (χ3n) is 11.1. The van der Waals surface area contributed by atoms with Crippen LogP contribution in [0.2, 0.25) is 0 Å². The van der Waals surface area contributed by atoms with E-state index >= 15 is 0 Å². The van der Waals surface area contributed by atoms with Gasteiger partial charge in [0, 0.05) is 72.8 Å². The van der Waals surface area contributed by atoms with Crippen molar-refractivity contribution in [2.75, 3.05) is 5.32 Å². The van der Waals surface area contributed by atoms with E-state index in [0.29, 0.717) is 17.5 Å². The molecular weight excluding hydrogens is 723 g/mol. The first-order valence-corrected chi connectivity index (χ1v) is 19.6. The monoisotopic (exact) mass is 757 g/mol. The Morgan fingerprint density at radius 2 is 0.898 bits per heavy atom. The zero-order valence-electron chi connectivity index (χ0n) is 31.8. The van der Waals surface area contributed by atoms with Crippen LogP contribution in [0.3, 0.4) is 0 Å². The highest BCUT2D eigenvalue weighted by molar-refractivity contribution is 6.16. The van der Waals surface area contributed by atoms with E-state index in [0.717, 1.165) is 88.6 Å². The average Bonchev–Trinajstić information content (AvgIpc) is 3.82. The van der Waals surface area contributed by atoms with Crippen LogP contribution in [-0.2, 0) is 0 Å². The van der Waals surface area contributed by atoms with Crippen molar-refractivity contribution < 1.29 is 0 Å². The van der Waals surface area contributed by atoms with Gasteiger partial charge in [-0.2, -0.15) is 0 Å².